The fourth-order valence-electron chi connectivity index (χ4n) is 2.24. The van der Waals surface area contributed by atoms with Crippen LogP contribution in [0.15, 0.2) is 42.5 Å². The van der Waals surface area contributed by atoms with Crippen molar-refractivity contribution in [1.29, 1.82) is 0 Å². The number of hydrogen-bond donors (Lipinski definition) is 3. The fourth-order valence-corrected chi connectivity index (χ4v) is 2.24. The summed E-state index contributed by atoms with van der Waals surface area (Å²) in [6, 6.07) is 9.91. The molecule has 1 unspecified atom stereocenters. The van der Waals surface area contributed by atoms with Crippen LogP contribution in [-0.4, -0.2) is 21.1 Å². The van der Waals surface area contributed by atoms with Crippen LogP contribution in [0, 0.1) is 0 Å². The zero-order valence-corrected chi connectivity index (χ0v) is 10.4. The predicted octanol–water partition coefficient (Wildman–Crippen LogP) is 1.91. The first kappa shape index (κ1) is 12.5. The van der Waals surface area contributed by atoms with Crippen LogP contribution in [-0.2, 0) is 5.79 Å². The monoisotopic (exact) mass is 272 g/mol. The first-order valence-electron chi connectivity index (χ1n) is 6.05. The third-order valence-corrected chi connectivity index (χ3v) is 3.26. The largest absolute Gasteiger partial charge is 0.508 e. The average molecular weight is 272 g/mol. The minimum Gasteiger partial charge on any atom is -0.508 e. The second kappa shape index (κ2) is 4.25. The van der Waals surface area contributed by atoms with Gasteiger partial charge in [0, 0.05) is 11.6 Å². The molecular weight excluding hydrogens is 260 g/mol. The van der Waals surface area contributed by atoms with E-state index in [-0.39, 0.29) is 29.5 Å². The highest BCUT2D eigenvalue weighted by atomic mass is 16.6. The van der Waals surface area contributed by atoms with E-state index in [2.05, 4.69) is 0 Å². The van der Waals surface area contributed by atoms with Gasteiger partial charge in [0.05, 0.1) is 12.0 Å². The summed E-state index contributed by atoms with van der Waals surface area (Å²) in [6.45, 7) is 0. The van der Waals surface area contributed by atoms with E-state index in [4.69, 9.17) is 4.74 Å². The molecule has 1 aliphatic heterocycles. The quantitative estimate of drug-likeness (QED) is 0.738. The highest BCUT2D eigenvalue weighted by Gasteiger charge is 2.40. The van der Waals surface area contributed by atoms with Crippen molar-refractivity contribution in [2.24, 2.45) is 0 Å². The molecule has 0 aliphatic carbocycles. The third-order valence-electron chi connectivity index (χ3n) is 3.26. The van der Waals surface area contributed by atoms with Crippen LogP contribution in [0.25, 0.3) is 0 Å². The predicted molar refractivity (Wildman–Crippen MR) is 69.7 cm³/mol. The molecule has 3 N–H and O–H groups in total. The topological polar surface area (TPSA) is 87.0 Å². The van der Waals surface area contributed by atoms with E-state index in [1.54, 1.807) is 0 Å². The van der Waals surface area contributed by atoms with Crippen molar-refractivity contribution < 1.29 is 24.9 Å². The van der Waals surface area contributed by atoms with Crippen molar-refractivity contribution in [2.75, 3.05) is 0 Å². The molecule has 5 heteroatoms. The van der Waals surface area contributed by atoms with Crippen LogP contribution in [0.1, 0.15) is 22.3 Å². The lowest BCUT2D eigenvalue weighted by Gasteiger charge is -2.33. The van der Waals surface area contributed by atoms with Crippen LogP contribution < -0.4 is 4.74 Å². The van der Waals surface area contributed by atoms with Crippen LogP contribution in [0.2, 0.25) is 0 Å². The molecule has 1 aliphatic rings. The summed E-state index contributed by atoms with van der Waals surface area (Å²) < 4.78 is 5.49. The number of ketones is 1. The van der Waals surface area contributed by atoms with E-state index < -0.39 is 5.79 Å². The number of hydrogen-bond acceptors (Lipinski definition) is 5. The Hall–Kier alpha value is -2.53. The van der Waals surface area contributed by atoms with E-state index in [9.17, 15) is 20.1 Å². The first-order valence-corrected chi connectivity index (χ1v) is 6.05. The van der Waals surface area contributed by atoms with Gasteiger partial charge in [0.15, 0.2) is 5.78 Å². The summed E-state index contributed by atoms with van der Waals surface area (Å²) in [4.78, 5) is 12.1. The molecule has 0 radical (unpaired) electrons. The molecular formula is C15H12O5. The van der Waals surface area contributed by atoms with Gasteiger partial charge in [-0.3, -0.25) is 4.79 Å². The van der Waals surface area contributed by atoms with Gasteiger partial charge in [-0.05, 0) is 36.4 Å². The number of phenolic OH excluding ortho intramolecular Hbond substituents is 2. The smallest absolute Gasteiger partial charge is 0.242 e. The normalized spacial score (nSPS) is 21.1. The molecule has 102 valence electrons. The van der Waals surface area contributed by atoms with E-state index in [0.29, 0.717) is 11.1 Å². The standard InChI is InChI=1S/C15H12O5/c16-10-3-1-9(2-4-10)15(19)8-13(18)12-6-5-11(17)7-14(12)20-15/h1-7,16-17,19H,8H2. The summed E-state index contributed by atoms with van der Waals surface area (Å²) in [5.74, 6) is -1.94. The fraction of sp³-hybridized carbons (Fsp3) is 0.133. The number of rotatable bonds is 1. The number of aromatic hydroxyl groups is 2. The number of fused-ring (bicyclic) bond motifs is 1. The number of carbonyl (C=O) groups is 1. The van der Waals surface area contributed by atoms with Crippen LogP contribution in [0.5, 0.6) is 17.2 Å². The number of ether oxygens (including phenoxy) is 1. The summed E-state index contributed by atoms with van der Waals surface area (Å²) in [5, 5.41) is 29.2. The Kier molecular flexibility index (Phi) is 2.65. The lowest BCUT2D eigenvalue weighted by atomic mass is 9.93. The molecule has 0 saturated heterocycles. The van der Waals surface area contributed by atoms with Crippen molar-refractivity contribution in [2.45, 2.75) is 12.2 Å². The molecule has 2 aromatic rings. The van der Waals surface area contributed by atoms with E-state index in [0.717, 1.165) is 0 Å². The molecule has 5 nitrogen and oxygen atoms in total. The number of carbonyl (C=O) groups excluding carboxylic acids is 1. The molecule has 1 atom stereocenters. The Morgan fingerprint density at radius 3 is 2.35 bits per heavy atom. The minimum atomic E-state index is -1.80. The summed E-state index contributed by atoms with van der Waals surface area (Å²) >= 11 is 0. The molecule has 20 heavy (non-hydrogen) atoms. The molecule has 0 aromatic heterocycles. The first-order chi connectivity index (χ1) is 9.48. The number of Topliss-reactive ketones (excluding diaryl/α,β-unsaturated/α-hetero) is 1. The van der Waals surface area contributed by atoms with Gasteiger partial charge in [-0.25, -0.2) is 0 Å². The van der Waals surface area contributed by atoms with Gasteiger partial charge in [0.1, 0.15) is 17.2 Å². The maximum atomic E-state index is 12.1. The molecule has 0 saturated carbocycles. The van der Waals surface area contributed by atoms with Crippen LogP contribution in [0.3, 0.4) is 0 Å². The number of benzene rings is 2. The molecule has 0 amide bonds. The lowest BCUT2D eigenvalue weighted by Crippen LogP contribution is -2.39. The molecule has 2 aromatic carbocycles. The van der Waals surface area contributed by atoms with Gasteiger partial charge >= 0.3 is 0 Å². The maximum Gasteiger partial charge on any atom is 0.242 e. The summed E-state index contributed by atoms with van der Waals surface area (Å²) in [6.07, 6.45) is -0.227. The zero-order valence-electron chi connectivity index (χ0n) is 10.4. The second-order valence-electron chi connectivity index (χ2n) is 4.71. The van der Waals surface area contributed by atoms with Gasteiger partial charge in [0.2, 0.25) is 5.79 Å². The van der Waals surface area contributed by atoms with Gasteiger partial charge < -0.3 is 20.1 Å². The molecule has 0 fully saturated rings. The van der Waals surface area contributed by atoms with E-state index in [1.807, 2.05) is 0 Å². The molecule has 1 heterocycles. The van der Waals surface area contributed by atoms with Crippen molar-refractivity contribution in [1.82, 2.24) is 0 Å². The lowest BCUT2D eigenvalue weighted by molar-refractivity contribution is -0.147. The molecule has 0 spiro atoms. The van der Waals surface area contributed by atoms with Gasteiger partial charge in [0.25, 0.3) is 0 Å². The maximum absolute atomic E-state index is 12.1. The van der Waals surface area contributed by atoms with Crippen molar-refractivity contribution in [3.63, 3.8) is 0 Å². The van der Waals surface area contributed by atoms with Crippen molar-refractivity contribution >= 4 is 5.78 Å². The minimum absolute atomic E-state index is 0.0495. The molecule has 3 rings (SSSR count). The van der Waals surface area contributed by atoms with Crippen molar-refractivity contribution in [3.05, 3.63) is 53.6 Å². The molecule has 0 bridgehead atoms. The van der Waals surface area contributed by atoms with E-state index >= 15 is 0 Å². The highest BCUT2D eigenvalue weighted by molar-refractivity contribution is 6.00. The van der Waals surface area contributed by atoms with Crippen molar-refractivity contribution in [3.8, 4) is 17.2 Å². The zero-order chi connectivity index (χ0) is 14.3. The van der Waals surface area contributed by atoms with Gasteiger partial charge in [-0.15, -0.1) is 0 Å². The number of aliphatic hydroxyl groups is 1. The Balaban J connectivity index is 2.05. The Bertz CT molecular complexity index is 677. The van der Waals surface area contributed by atoms with Crippen LogP contribution >= 0.6 is 0 Å². The third kappa shape index (κ3) is 1.98. The highest BCUT2D eigenvalue weighted by Crippen LogP contribution is 2.39. The SMILES string of the molecule is O=C1CC(O)(c2ccc(O)cc2)Oc2cc(O)ccc21. The summed E-state index contributed by atoms with van der Waals surface area (Å²) in [7, 11) is 0. The Labute approximate surface area is 114 Å². The van der Waals surface area contributed by atoms with Gasteiger partial charge in [-0.1, -0.05) is 0 Å². The van der Waals surface area contributed by atoms with Gasteiger partial charge in [-0.2, -0.15) is 0 Å². The van der Waals surface area contributed by atoms with E-state index in [1.165, 1.54) is 42.5 Å². The Morgan fingerprint density at radius 2 is 1.65 bits per heavy atom. The summed E-state index contributed by atoms with van der Waals surface area (Å²) in [5.41, 5.74) is 0.684. The number of phenols is 2. The average Bonchev–Trinajstić information content (AvgIpc) is 2.38. The Morgan fingerprint density at radius 1 is 1.00 bits per heavy atom. The van der Waals surface area contributed by atoms with Crippen LogP contribution in [0.4, 0.5) is 0 Å². The second-order valence-corrected chi connectivity index (χ2v) is 4.71.